The molecule has 1 fully saturated rings. The van der Waals surface area contributed by atoms with Crippen LogP contribution in [0.15, 0.2) is 18.2 Å². The van der Waals surface area contributed by atoms with E-state index in [0.717, 1.165) is 46.3 Å². The number of hydrogen-bond acceptors (Lipinski definition) is 6. The number of anilines is 1. The van der Waals surface area contributed by atoms with Crippen LogP contribution in [-0.2, 0) is 17.6 Å². The number of piperazine rings is 1. The SMILES string of the molecule is CCOC(=O)c1c(NC(=S)N2CCN(C(=O)c3sc4cc(Cl)ccc4c3Cl)CC2)sc2c1CCCCCC2. The minimum absolute atomic E-state index is 0.0755. The van der Waals surface area contributed by atoms with E-state index in [2.05, 4.69) is 10.2 Å². The molecule has 5 rings (SSSR count). The number of amides is 1. The Hall–Kier alpha value is -1.91. The van der Waals surface area contributed by atoms with E-state index in [0.29, 0.717) is 58.4 Å². The van der Waals surface area contributed by atoms with Crippen molar-refractivity contribution in [3.63, 3.8) is 0 Å². The third-order valence-corrected chi connectivity index (χ3v) is 10.5. The van der Waals surface area contributed by atoms with Gasteiger partial charge in [0.15, 0.2) is 5.11 Å². The first-order valence-electron chi connectivity index (χ1n) is 12.9. The van der Waals surface area contributed by atoms with E-state index in [1.165, 1.54) is 29.1 Å². The topological polar surface area (TPSA) is 61.9 Å². The van der Waals surface area contributed by atoms with Gasteiger partial charge in [-0.25, -0.2) is 4.79 Å². The lowest BCUT2D eigenvalue weighted by molar-refractivity contribution is 0.0526. The fourth-order valence-electron chi connectivity index (χ4n) is 5.04. The summed E-state index contributed by atoms with van der Waals surface area (Å²) in [5.74, 6) is -0.360. The molecule has 2 aliphatic rings. The maximum atomic E-state index is 13.3. The summed E-state index contributed by atoms with van der Waals surface area (Å²) in [4.78, 5) is 31.9. The molecule has 2 aromatic heterocycles. The van der Waals surface area contributed by atoms with E-state index in [9.17, 15) is 9.59 Å². The number of aryl methyl sites for hydroxylation is 1. The summed E-state index contributed by atoms with van der Waals surface area (Å²) >= 11 is 21.4. The first kappa shape index (κ1) is 27.6. The van der Waals surface area contributed by atoms with Crippen LogP contribution in [0.3, 0.4) is 0 Å². The molecule has 0 atom stereocenters. The number of ether oxygens (including phenoxy) is 1. The average Bonchev–Trinajstić information content (AvgIpc) is 3.39. The number of rotatable bonds is 4. The Kier molecular flexibility index (Phi) is 8.79. The molecule has 1 aliphatic heterocycles. The maximum absolute atomic E-state index is 13.3. The molecule has 1 aromatic carbocycles. The number of thiocarbonyl (C=S) groups is 1. The molecule has 0 saturated carbocycles. The van der Waals surface area contributed by atoms with Crippen LogP contribution in [0.5, 0.6) is 0 Å². The minimum atomic E-state index is -0.284. The van der Waals surface area contributed by atoms with Gasteiger partial charge in [0, 0.05) is 46.2 Å². The smallest absolute Gasteiger partial charge is 0.341 e. The summed E-state index contributed by atoms with van der Waals surface area (Å²) in [6.07, 6.45) is 6.48. The maximum Gasteiger partial charge on any atom is 0.341 e. The van der Waals surface area contributed by atoms with Crippen LogP contribution in [0.1, 0.15) is 63.1 Å². The minimum Gasteiger partial charge on any atom is -0.462 e. The van der Waals surface area contributed by atoms with Crippen molar-refractivity contribution in [3.05, 3.63) is 49.1 Å². The Morgan fingerprint density at radius 2 is 1.74 bits per heavy atom. The molecule has 38 heavy (non-hydrogen) atoms. The number of benzene rings is 1. The fraction of sp³-hybridized carbons (Fsp3) is 0.444. The van der Waals surface area contributed by atoms with E-state index >= 15 is 0 Å². The second-order valence-electron chi connectivity index (χ2n) is 9.44. The number of thiophene rings is 2. The molecular weight excluding hydrogens is 581 g/mol. The van der Waals surface area contributed by atoms with Gasteiger partial charge >= 0.3 is 5.97 Å². The zero-order chi connectivity index (χ0) is 26.8. The second kappa shape index (κ2) is 12.1. The molecule has 0 bridgehead atoms. The molecule has 11 heteroatoms. The van der Waals surface area contributed by atoms with Crippen LogP contribution < -0.4 is 5.32 Å². The molecule has 0 spiro atoms. The summed E-state index contributed by atoms with van der Waals surface area (Å²) in [7, 11) is 0. The number of fused-ring (bicyclic) bond motifs is 2. The Bertz CT molecular complexity index is 1380. The van der Waals surface area contributed by atoms with Crippen LogP contribution in [0.4, 0.5) is 5.00 Å². The lowest BCUT2D eigenvalue weighted by atomic mass is 9.96. The Morgan fingerprint density at radius 3 is 2.47 bits per heavy atom. The van der Waals surface area contributed by atoms with Crippen molar-refractivity contribution in [2.75, 3.05) is 38.1 Å². The lowest BCUT2D eigenvalue weighted by Crippen LogP contribution is -2.51. The van der Waals surface area contributed by atoms with E-state index in [4.69, 9.17) is 40.2 Å². The van der Waals surface area contributed by atoms with Crippen LogP contribution in [-0.4, -0.2) is 59.6 Å². The summed E-state index contributed by atoms with van der Waals surface area (Å²) in [6, 6.07) is 5.47. The second-order valence-corrected chi connectivity index (χ2v) is 12.8. The number of nitrogens with one attached hydrogen (secondary N) is 1. The predicted molar refractivity (Wildman–Crippen MR) is 162 cm³/mol. The first-order chi connectivity index (χ1) is 18.4. The molecule has 1 aliphatic carbocycles. The van der Waals surface area contributed by atoms with E-state index in [1.807, 2.05) is 24.0 Å². The number of carbonyl (C=O) groups is 2. The van der Waals surface area contributed by atoms with Crippen molar-refractivity contribution in [1.29, 1.82) is 0 Å². The summed E-state index contributed by atoms with van der Waals surface area (Å²) < 4.78 is 6.32. The first-order valence-corrected chi connectivity index (χ1v) is 15.7. The van der Waals surface area contributed by atoms with Gasteiger partial charge in [-0.1, -0.05) is 42.1 Å². The van der Waals surface area contributed by atoms with Gasteiger partial charge in [0.1, 0.15) is 9.88 Å². The number of carbonyl (C=O) groups excluding carboxylic acids is 2. The molecule has 1 N–H and O–H groups in total. The van der Waals surface area contributed by atoms with Crippen LogP contribution in [0, 0.1) is 0 Å². The monoisotopic (exact) mass is 609 g/mol. The summed E-state index contributed by atoms with van der Waals surface area (Å²) in [5.41, 5.74) is 1.76. The normalized spacial score (nSPS) is 16.1. The molecule has 0 unspecified atom stereocenters. The van der Waals surface area contributed by atoms with E-state index in [-0.39, 0.29) is 11.9 Å². The molecule has 6 nitrogen and oxygen atoms in total. The fourth-order valence-corrected chi connectivity index (χ4v) is 8.42. The highest BCUT2D eigenvalue weighted by molar-refractivity contribution is 7.80. The van der Waals surface area contributed by atoms with Crippen molar-refractivity contribution in [2.24, 2.45) is 0 Å². The van der Waals surface area contributed by atoms with E-state index < -0.39 is 0 Å². The average molecular weight is 611 g/mol. The van der Waals surface area contributed by atoms with Crippen molar-refractivity contribution >= 4 is 90.2 Å². The van der Waals surface area contributed by atoms with Crippen molar-refractivity contribution < 1.29 is 14.3 Å². The third-order valence-electron chi connectivity index (χ3n) is 7.01. The Balaban J connectivity index is 1.27. The highest BCUT2D eigenvalue weighted by Crippen LogP contribution is 2.39. The number of esters is 1. The summed E-state index contributed by atoms with van der Waals surface area (Å²) in [5, 5.41) is 6.64. The molecule has 202 valence electrons. The largest absolute Gasteiger partial charge is 0.462 e. The zero-order valence-corrected chi connectivity index (χ0v) is 25.1. The molecule has 0 radical (unpaired) electrons. The molecule has 1 amide bonds. The molecule has 3 aromatic rings. The van der Waals surface area contributed by atoms with Gasteiger partial charge in [0.05, 0.1) is 17.2 Å². The van der Waals surface area contributed by atoms with Gasteiger partial charge in [-0.05, 0) is 62.5 Å². The number of halogens is 2. The standard InChI is InChI=1S/C27H29Cl2N3O3S3/c1-2-35-26(34)21-17-7-5-3-4-6-8-19(17)38-24(21)30-27(36)32-13-11-31(12-14-32)25(33)23-22(29)18-10-9-16(28)15-20(18)37-23/h9-10,15H,2-8,11-14H2,1H3,(H,30,36). The highest BCUT2D eigenvalue weighted by Gasteiger charge is 2.29. The van der Waals surface area contributed by atoms with Crippen LogP contribution in [0.25, 0.3) is 10.1 Å². The van der Waals surface area contributed by atoms with Gasteiger partial charge in [0.25, 0.3) is 5.91 Å². The number of nitrogens with zero attached hydrogens (tertiary/aromatic N) is 2. The predicted octanol–water partition coefficient (Wildman–Crippen LogP) is 7.26. The molecule has 3 heterocycles. The van der Waals surface area contributed by atoms with Gasteiger partial charge in [-0.15, -0.1) is 22.7 Å². The highest BCUT2D eigenvalue weighted by atomic mass is 35.5. The van der Waals surface area contributed by atoms with Crippen LogP contribution >= 0.6 is 58.1 Å². The van der Waals surface area contributed by atoms with Gasteiger partial charge in [0.2, 0.25) is 0 Å². The molecule has 1 saturated heterocycles. The molecular formula is C27H29Cl2N3O3S3. The quantitative estimate of drug-likeness (QED) is 0.248. The number of hydrogen-bond donors (Lipinski definition) is 1. The zero-order valence-electron chi connectivity index (χ0n) is 21.1. The third kappa shape index (κ3) is 5.68. The lowest BCUT2D eigenvalue weighted by Gasteiger charge is -2.36. The van der Waals surface area contributed by atoms with Gasteiger partial charge in [-0.2, -0.15) is 0 Å². The Morgan fingerprint density at radius 1 is 1.03 bits per heavy atom. The Labute approximate surface area is 245 Å². The van der Waals surface area contributed by atoms with Crippen LogP contribution in [0.2, 0.25) is 10.0 Å². The van der Waals surface area contributed by atoms with Crippen molar-refractivity contribution in [3.8, 4) is 0 Å². The van der Waals surface area contributed by atoms with Crippen molar-refractivity contribution in [2.45, 2.75) is 45.4 Å². The summed E-state index contributed by atoms with van der Waals surface area (Å²) in [6.45, 7) is 4.39. The van der Waals surface area contributed by atoms with E-state index in [1.54, 1.807) is 17.4 Å². The van der Waals surface area contributed by atoms with Gasteiger partial charge < -0.3 is 19.9 Å². The van der Waals surface area contributed by atoms with Gasteiger partial charge in [-0.3, -0.25) is 4.79 Å². The van der Waals surface area contributed by atoms with Crippen molar-refractivity contribution in [1.82, 2.24) is 9.80 Å².